The number of nitrogens with zero attached hydrogens (tertiary/aromatic N) is 1. The van der Waals surface area contributed by atoms with E-state index in [0.717, 1.165) is 12.2 Å². The lowest BCUT2D eigenvalue weighted by atomic mass is 10.1. The molecule has 1 rings (SSSR count). The van der Waals surface area contributed by atoms with Crippen molar-refractivity contribution in [2.75, 3.05) is 30.1 Å². The predicted octanol–water partition coefficient (Wildman–Crippen LogP) is 3.32. The summed E-state index contributed by atoms with van der Waals surface area (Å²) in [5.41, 5.74) is 6.93. The first-order chi connectivity index (χ1) is 9.90. The highest BCUT2D eigenvalue weighted by atomic mass is 35.5. The molecule has 0 bridgehead atoms. The monoisotopic (exact) mass is 329 g/mol. The van der Waals surface area contributed by atoms with E-state index in [1.165, 1.54) is 0 Å². The van der Waals surface area contributed by atoms with Crippen molar-refractivity contribution < 1.29 is 4.79 Å². The lowest BCUT2D eigenvalue weighted by Crippen LogP contribution is -2.46. The van der Waals surface area contributed by atoms with E-state index >= 15 is 0 Å². The van der Waals surface area contributed by atoms with Gasteiger partial charge < -0.3 is 11.1 Å². The Hall–Kier alpha value is -0.910. The number of rotatable bonds is 7. The Morgan fingerprint density at radius 1 is 1.52 bits per heavy atom. The van der Waals surface area contributed by atoms with Crippen molar-refractivity contribution in [1.29, 1.82) is 0 Å². The van der Waals surface area contributed by atoms with Crippen LogP contribution in [0.15, 0.2) is 18.2 Å². The van der Waals surface area contributed by atoms with Crippen molar-refractivity contribution in [3.63, 3.8) is 0 Å². The van der Waals surface area contributed by atoms with Crippen LogP contribution in [-0.2, 0) is 4.79 Å². The van der Waals surface area contributed by atoms with Crippen LogP contribution in [0.2, 0.25) is 5.02 Å². The van der Waals surface area contributed by atoms with Crippen LogP contribution in [-0.4, -0.2) is 41.9 Å². The Morgan fingerprint density at radius 3 is 2.76 bits per heavy atom. The Kier molecular flexibility index (Phi) is 7.35. The number of benzene rings is 1. The standard InChI is InChI=1S/C15H24ClN3OS/c1-5-12(9-21-4)19(3)10(2)15(20)18-14-8-11(16)6-7-13(14)17/h6-8,10,12H,5,9,17H2,1-4H3,(H,18,20). The number of thioether (sulfide) groups is 1. The molecule has 2 unspecified atom stereocenters. The van der Waals surface area contributed by atoms with Gasteiger partial charge in [-0.2, -0.15) is 11.8 Å². The number of likely N-dealkylation sites (N-methyl/N-ethyl adjacent to an activating group) is 1. The van der Waals surface area contributed by atoms with E-state index < -0.39 is 0 Å². The molecule has 0 saturated heterocycles. The van der Waals surface area contributed by atoms with Gasteiger partial charge in [0.25, 0.3) is 0 Å². The number of hydrogen-bond acceptors (Lipinski definition) is 4. The van der Waals surface area contributed by atoms with Crippen LogP contribution in [0.4, 0.5) is 11.4 Å². The molecular formula is C15H24ClN3OS. The minimum absolute atomic E-state index is 0.0778. The minimum Gasteiger partial charge on any atom is -0.397 e. The normalized spacial score (nSPS) is 14.0. The van der Waals surface area contributed by atoms with Gasteiger partial charge in [0.15, 0.2) is 0 Å². The van der Waals surface area contributed by atoms with E-state index in [9.17, 15) is 4.79 Å². The maximum Gasteiger partial charge on any atom is 0.241 e. The fraction of sp³-hybridized carbons (Fsp3) is 0.533. The first kappa shape index (κ1) is 18.1. The number of nitrogens with one attached hydrogen (secondary N) is 1. The molecule has 2 atom stereocenters. The van der Waals surface area contributed by atoms with Crippen LogP contribution in [0.1, 0.15) is 20.3 Å². The van der Waals surface area contributed by atoms with E-state index in [0.29, 0.717) is 22.4 Å². The van der Waals surface area contributed by atoms with Gasteiger partial charge in [0.2, 0.25) is 5.91 Å². The largest absolute Gasteiger partial charge is 0.397 e. The molecule has 1 amide bonds. The third kappa shape index (κ3) is 5.09. The molecule has 118 valence electrons. The zero-order valence-electron chi connectivity index (χ0n) is 13.0. The summed E-state index contributed by atoms with van der Waals surface area (Å²) in [6.45, 7) is 4.04. The molecule has 0 aromatic heterocycles. The van der Waals surface area contributed by atoms with Crippen molar-refractivity contribution in [3.05, 3.63) is 23.2 Å². The topological polar surface area (TPSA) is 58.4 Å². The maximum absolute atomic E-state index is 12.4. The highest BCUT2D eigenvalue weighted by Gasteiger charge is 2.24. The zero-order valence-corrected chi connectivity index (χ0v) is 14.6. The Balaban J connectivity index is 2.76. The zero-order chi connectivity index (χ0) is 16.0. The van der Waals surface area contributed by atoms with E-state index in [1.807, 2.05) is 14.0 Å². The van der Waals surface area contributed by atoms with Crippen LogP contribution in [0.25, 0.3) is 0 Å². The molecule has 6 heteroatoms. The summed E-state index contributed by atoms with van der Waals surface area (Å²) >= 11 is 7.73. The van der Waals surface area contributed by atoms with Gasteiger partial charge in [-0.1, -0.05) is 18.5 Å². The quantitative estimate of drug-likeness (QED) is 0.753. The first-order valence-electron chi connectivity index (χ1n) is 6.97. The molecule has 0 aliphatic carbocycles. The van der Waals surface area contributed by atoms with Gasteiger partial charge in [0.05, 0.1) is 17.4 Å². The van der Waals surface area contributed by atoms with Crippen LogP contribution < -0.4 is 11.1 Å². The van der Waals surface area contributed by atoms with Crippen molar-refractivity contribution in [3.8, 4) is 0 Å². The molecule has 0 aliphatic rings. The van der Waals surface area contributed by atoms with Gasteiger partial charge in [0, 0.05) is 16.8 Å². The minimum atomic E-state index is -0.236. The molecular weight excluding hydrogens is 306 g/mol. The third-order valence-electron chi connectivity index (χ3n) is 3.67. The van der Waals surface area contributed by atoms with E-state index in [-0.39, 0.29) is 11.9 Å². The number of halogens is 1. The van der Waals surface area contributed by atoms with E-state index in [2.05, 4.69) is 23.4 Å². The van der Waals surface area contributed by atoms with Gasteiger partial charge in [-0.15, -0.1) is 0 Å². The smallest absolute Gasteiger partial charge is 0.241 e. The molecule has 1 aromatic carbocycles. The van der Waals surface area contributed by atoms with Crippen molar-refractivity contribution in [2.24, 2.45) is 0 Å². The molecule has 3 N–H and O–H groups in total. The Bertz CT molecular complexity index is 484. The average Bonchev–Trinajstić information content (AvgIpc) is 2.46. The maximum atomic E-state index is 12.4. The molecule has 1 aromatic rings. The second-order valence-electron chi connectivity index (χ2n) is 5.08. The SMILES string of the molecule is CCC(CSC)N(C)C(C)C(=O)Nc1cc(Cl)ccc1N. The summed E-state index contributed by atoms with van der Waals surface area (Å²) in [7, 11) is 1.98. The molecule has 21 heavy (non-hydrogen) atoms. The molecule has 0 spiro atoms. The van der Waals surface area contributed by atoms with Gasteiger partial charge in [0.1, 0.15) is 0 Å². The molecule has 0 fully saturated rings. The summed E-state index contributed by atoms with van der Waals surface area (Å²) in [6, 6.07) is 5.20. The van der Waals surface area contributed by atoms with Gasteiger partial charge in [-0.25, -0.2) is 0 Å². The number of carbonyl (C=O) groups is 1. The number of anilines is 2. The van der Waals surface area contributed by atoms with Gasteiger partial charge in [-0.3, -0.25) is 9.69 Å². The summed E-state index contributed by atoms with van der Waals surface area (Å²) in [5.74, 6) is 0.926. The fourth-order valence-electron chi connectivity index (χ4n) is 2.09. The second kappa shape index (κ2) is 8.51. The third-order valence-corrected chi connectivity index (χ3v) is 4.62. The predicted molar refractivity (Wildman–Crippen MR) is 94.2 cm³/mol. The molecule has 0 heterocycles. The number of nitrogen functional groups attached to an aromatic ring is 1. The van der Waals surface area contributed by atoms with Crippen molar-refractivity contribution >= 4 is 40.6 Å². The summed E-state index contributed by atoms with van der Waals surface area (Å²) in [4.78, 5) is 14.5. The fourth-order valence-corrected chi connectivity index (χ4v) is 3.12. The summed E-state index contributed by atoms with van der Waals surface area (Å²) < 4.78 is 0. The summed E-state index contributed by atoms with van der Waals surface area (Å²) in [6.07, 6.45) is 3.09. The van der Waals surface area contributed by atoms with E-state index in [4.69, 9.17) is 17.3 Å². The molecule has 0 aliphatic heterocycles. The highest BCUT2D eigenvalue weighted by Crippen LogP contribution is 2.23. The van der Waals surface area contributed by atoms with Crippen molar-refractivity contribution in [2.45, 2.75) is 32.4 Å². The van der Waals surface area contributed by atoms with Crippen LogP contribution in [0, 0.1) is 0 Å². The van der Waals surface area contributed by atoms with Crippen LogP contribution in [0.3, 0.4) is 0 Å². The van der Waals surface area contributed by atoms with Crippen molar-refractivity contribution in [1.82, 2.24) is 4.90 Å². The number of hydrogen-bond donors (Lipinski definition) is 2. The molecule has 0 radical (unpaired) electrons. The Morgan fingerprint density at radius 2 is 2.19 bits per heavy atom. The summed E-state index contributed by atoms with van der Waals surface area (Å²) in [5, 5.41) is 3.41. The number of nitrogens with two attached hydrogens (primary N) is 1. The molecule has 0 saturated carbocycles. The van der Waals surface area contributed by atoms with Gasteiger partial charge >= 0.3 is 0 Å². The number of carbonyl (C=O) groups excluding carboxylic acids is 1. The Labute approximate surface area is 136 Å². The first-order valence-corrected chi connectivity index (χ1v) is 8.74. The second-order valence-corrected chi connectivity index (χ2v) is 6.43. The van der Waals surface area contributed by atoms with E-state index in [1.54, 1.807) is 30.0 Å². The average molecular weight is 330 g/mol. The number of amides is 1. The van der Waals surface area contributed by atoms with Gasteiger partial charge in [-0.05, 0) is 44.8 Å². The molecule has 4 nitrogen and oxygen atoms in total. The lowest BCUT2D eigenvalue weighted by molar-refractivity contribution is -0.120. The lowest BCUT2D eigenvalue weighted by Gasteiger charge is -2.31. The highest BCUT2D eigenvalue weighted by molar-refractivity contribution is 7.98. The van der Waals surface area contributed by atoms with Crippen LogP contribution in [0.5, 0.6) is 0 Å². The van der Waals surface area contributed by atoms with Crippen LogP contribution >= 0.6 is 23.4 Å².